The van der Waals surface area contributed by atoms with Crippen molar-refractivity contribution in [2.45, 2.75) is 6.42 Å². The Bertz CT molecular complexity index is 555. The molecule has 19 heavy (non-hydrogen) atoms. The number of likely N-dealkylation sites (N-methyl/N-ethyl adjacent to an activating group) is 1. The minimum atomic E-state index is -0.367. The number of anilines is 1. The van der Waals surface area contributed by atoms with E-state index in [1.165, 1.54) is 11.6 Å². The van der Waals surface area contributed by atoms with Crippen LogP contribution in [0.25, 0.3) is 0 Å². The number of nitrogens with zero attached hydrogens (tertiary/aromatic N) is 2. The Labute approximate surface area is 112 Å². The highest BCUT2D eigenvalue weighted by Crippen LogP contribution is 2.20. The Hall–Kier alpha value is -2.36. The molecule has 0 atom stereocenters. The molecule has 0 aliphatic heterocycles. The summed E-state index contributed by atoms with van der Waals surface area (Å²) in [6.45, 7) is 0.825. The zero-order valence-electron chi connectivity index (χ0n) is 10.8. The van der Waals surface area contributed by atoms with E-state index in [0.717, 1.165) is 18.7 Å². The summed E-state index contributed by atoms with van der Waals surface area (Å²) in [4.78, 5) is 12.4. The molecule has 0 saturated heterocycles. The summed E-state index contributed by atoms with van der Waals surface area (Å²) in [6.07, 6.45) is 0.917. The van der Waals surface area contributed by atoms with Gasteiger partial charge in [0.15, 0.2) is 0 Å². The average Bonchev–Trinajstić information content (AvgIpc) is 2.46. The van der Waals surface area contributed by atoms with Crippen LogP contribution < -0.4 is 4.90 Å². The Balaban J connectivity index is 2.02. The van der Waals surface area contributed by atoms with Gasteiger partial charge < -0.3 is 4.90 Å². The predicted molar refractivity (Wildman–Crippen MR) is 76.5 cm³/mol. The Kier molecular flexibility index (Phi) is 4.13. The van der Waals surface area contributed by atoms with E-state index in [-0.39, 0.29) is 10.6 Å². The summed E-state index contributed by atoms with van der Waals surface area (Å²) >= 11 is 0. The van der Waals surface area contributed by atoms with Gasteiger partial charge in [0.25, 0.3) is 5.69 Å². The maximum Gasteiger partial charge on any atom is 0.271 e. The summed E-state index contributed by atoms with van der Waals surface area (Å²) < 4.78 is 0. The first-order chi connectivity index (χ1) is 9.16. The zero-order chi connectivity index (χ0) is 13.7. The van der Waals surface area contributed by atoms with Gasteiger partial charge in [0, 0.05) is 31.4 Å². The summed E-state index contributed by atoms with van der Waals surface area (Å²) in [6, 6.07) is 16.9. The van der Waals surface area contributed by atoms with Crippen LogP contribution in [-0.4, -0.2) is 18.5 Å². The highest BCUT2D eigenvalue weighted by molar-refractivity contribution is 5.52. The van der Waals surface area contributed by atoms with Crippen molar-refractivity contribution in [3.05, 3.63) is 70.3 Å². The van der Waals surface area contributed by atoms with E-state index in [1.807, 2.05) is 36.2 Å². The molecule has 0 fully saturated rings. The number of nitro benzene ring substituents is 1. The van der Waals surface area contributed by atoms with E-state index in [0.29, 0.717) is 0 Å². The van der Waals surface area contributed by atoms with E-state index in [1.54, 1.807) is 12.1 Å². The maximum absolute atomic E-state index is 10.7. The number of hydrogen-bond donors (Lipinski definition) is 0. The molecule has 0 spiro atoms. The molecule has 0 saturated carbocycles. The van der Waals surface area contributed by atoms with Crippen molar-refractivity contribution >= 4 is 11.4 Å². The van der Waals surface area contributed by atoms with Crippen LogP contribution in [0, 0.1) is 10.1 Å². The molecular weight excluding hydrogens is 240 g/mol. The van der Waals surface area contributed by atoms with Crippen LogP contribution >= 0.6 is 0 Å². The van der Waals surface area contributed by atoms with E-state index in [2.05, 4.69) is 12.1 Å². The molecule has 0 aromatic heterocycles. The lowest BCUT2D eigenvalue weighted by molar-refractivity contribution is -0.384. The fourth-order valence-electron chi connectivity index (χ4n) is 1.91. The third-order valence-corrected chi connectivity index (χ3v) is 3.06. The summed E-state index contributed by atoms with van der Waals surface area (Å²) in [5, 5.41) is 10.7. The molecule has 98 valence electrons. The van der Waals surface area contributed by atoms with Crippen LogP contribution in [0.15, 0.2) is 54.6 Å². The second-order valence-electron chi connectivity index (χ2n) is 4.43. The monoisotopic (exact) mass is 256 g/mol. The van der Waals surface area contributed by atoms with Gasteiger partial charge in [-0.2, -0.15) is 0 Å². The number of non-ortho nitro benzene ring substituents is 1. The Morgan fingerprint density at radius 1 is 1.11 bits per heavy atom. The molecule has 0 radical (unpaired) electrons. The molecule has 0 bridgehead atoms. The van der Waals surface area contributed by atoms with Gasteiger partial charge in [0.05, 0.1) is 4.92 Å². The van der Waals surface area contributed by atoms with Crippen molar-refractivity contribution < 1.29 is 4.92 Å². The molecule has 0 amide bonds. The van der Waals surface area contributed by atoms with Gasteiger partial charge in [-0.3, -0.25) is 10.1 Å². The molecule has 4 heteroatoms. The lowest BCUT2D eigenvalue weighted by Gasteiger charge is -2.19. The number of benzene rings is 2. The van der Waals surface area contributed by atoms with Crippen molar-refractivity contribution in [3.8, 4) is 0 Å². The molecule has 0 unspecified atom stereocenters. The van der Waals surface area contributed by atoms with Gasteiger partial charge in [-0.15, -0.1) is 0 Å². The van der Waals surface area contributed by atoms with Gasteiger partial charge in [-0.1, -0.05) is 36.4 Å². The topological polar surface area (TPSA) is 46.4 Å². The molecule has 0 N–H and O–H groups in total. The predicted octanol–water partition coefficient (Wildman–Crippen LogP) is 3.27. The molecule has 2 aromatic carbocycles. The van der Waals surface area contributed by atoms with Gasteiger partial charge >= 0.3 is 0 Å². The molecule has 0 aliphatic rings. The Morgan fingerprint density at radius 3 is 2.53 bits per heavy atom. The zero-order valence-corrected chi connectivity index (χ0v) is 10.8. The fraction of sp³-hybridized carbons (Fsp3) is 0.200. The van der Waals surface area contributed by atoms with Gasteiger partial charge in [-0.25, -0.2) is 0 Å². The smallest absolute Gasteiger partial charge is 0.271 e. The first-order valence-electron chi connectivity index (χ1n) is 6.16. The van der Waals surface area contributed by atoms with Crippen LogP contribution in [0.5, 0.6) is 0 Å². The third kappa shape index (κ3) is 3.55. The van der Waals surface area contributed by atoms with E-state index in [4.69, 9.17) is 0 Å². The highest BCUT2D eigenvalue weighted by atomic mass is 16.6. The molecule has 2 rings (SSSR count). The molecule has 0 aliphatic carbocycles. The maximum atomic E-state index is 10.7. The van der Waals surface area contributed by atoms with Crippen molar-refractivity contribution in [3.63, 3.8) is 0 Å². The first kappa shape index (κ1) is 13.1. The second kappa shape index (κ2) is 6.00. The third-order valence-electron chi connectivity index (χ3n) is 3.06. The lowest BCUT2D eigenvalue weighted by atomic mass is 10.1. The van der Waals surface area contributed by atoms with Crippen molar-refractivity contribution in [2.75, 3.05) is 18.5 Å². The van der Waals surface area contributed by atoms with Gasteiger partial charge in [0.2, 0.25) is 0 Å². The fourth-order valence-corrected chi connectivity index (χ4v) is 1.91. The summed E-state index contributed by atoms with van der Waals surface area (Å²) in [5.74, 6) is 0. The molecule has 0 heterocycles. The SMILES string of the molecule is CN(CCc1ccccc1)c1cccc([N+](=O)[O-])c1. The van der Waals surface area contributed by atoms with Crippen LogP contribution in [0.2, 0.25) is 0 Å². The molecule has 4 nitrogen and oxygen atoms in total. The normalized spacial score (nSPS) is 10.2. The highest BCUT2D eigenvalue weighted by Gasteiger charge is 2.08. The molecule has 2 aromatic rings. The van der Waals surface area contributed by atoms with E-state index < -0.39 is 0 Å². The lowest BCUT2D eigenvalue weighted by Crippen LogP contribution is -2.20. The first-order valence-corrected chi connectivity index (χ1v) is 6.16. The summed E-state index contributed by atoms with van der Waals surface area (Å²) in [5.41, 5.74) is 2.26. The van der Waals surface area contributed by atoms with Crippen LogP contribution in [0.3, 0.4) is 0 Å². The van der Waals surface area contributed by atoms with E-state index in [9.17, 15) is 10.1 Å². The van der Waals surface area contributed by atoms with Crippen molar-refractivity contribution in [1.29, 1.82) is 0 Å². The number of rotatable bonds is 5. The van der Waals surface area contributed by atoms with Gasteiger partial charge in [-0.05, 0) is 18.1 Å². The quantitative estimate of drug-likeness (QED) is 0.609. The minimum absolute atomic E-state index is 0.129. The van der Waals surface area contributed by atoms with Crippen LogP contribution in [-0.2, 0) is 6.42 Å². The van der Waals surface area contributed by atoms with Crippen molar-refractivity contribution in [2.24, 2.45) is 0 Å². The minimum Gasteiger partial charge on any atom is -0.374 e. The standard InChI is InChI=1S/C15H16N2O2/c1-16(11-10-13-6-3-2-4-7-13)14-8-5-9-15(12-14)17(18)19/h2-9,12H,10-11H2,1H3. The summed E-state index contributed by atoms with van der Waals surface area (Å²) in [7, 11) is 1.95. The number of nitro groups is 1. The Morgan fingerprint density at radius 2 is 1.84 bits per heavy atom. The average molecular weight is 256 g/mol. The molecular formula is C15H16N2O2. The number of hydrogen-bond acceptors (Lipinski definition) is 3. The van der Waals surface area contributed by atoms with Gasteiger partial charge in [0.1, 0.15) is 0 Å². The van der Waals surface area contributed by atoms with E-state index >= 15 is 0 Å². The largest absolute Gasteiger partial charge is 0.374 e. The van der Waals surface area contributed by atoms with Crippen LogP contribution in [0.4, 0.5) is 11.4 Å². The van der Waals surface area contributed by atoms with Crippen molar-refractivity contribution in [1.82, 2.24) is 0 Å². The van der Waals surface area contributed by atoms with Crippen LogP contribution in [0.1, 0.15) is 5.56 Å². The second-order valence-corrected chi connectivity index (χ2v) is 4.43.